The number of nitrogens with zero attached hydrogens (tertiary/aromatic N) is 5. The molecule has 3 aromatic heterocycles. The average molecular weight is 474 g/mol. The number of halogens is 4. The van der Waals surface area contributed by atoms with Crippen LogP contribution in [-0.2, 0) is 6.54 Å². The van der Waals surface area contributed by atoms with E-state index in [2.05, 4.69) is 20.4 Å². The van der Waals surface area contributed by atoms with Crippen molar-refractivity contribution in [3.63, 3.8) is 0 Å². The molecule has 176 valence electrons. The highest BCUT2D eigenvalue weighted by atomic mass is 19.3. The Morgan fingerprint density at radius 1 is 1.15 bits per heavy atom. The van der Waals surface area contributed by atoms with Crippen molar-refractivity contribution in [3.8, 4) is 11.4 Å². The van der Waals surface area contributed by atoms with Crippen molar-refractivity contribution in [2.24, 2.45) is 0 Å². The largest absolute Gasteiger partial charge is 0.338 e. The first-order chi connectivity index (χ1) is 16.1. The molecule has 1 aliphatic rings. The van der Waals surface area contributed by atoms with Gasteiger partial charge in [-0.15, -0.1) is 0 Å². The van der Waals surface area contributed by atoms with E-state index < -0.39 is 24.9 Å². The first-order valence-electron chi connectivity index (χ1n) is 10.3. The normalized spacial score (nSPS) is 17.3. The number of alkyl halides is 4. The molecule has 12 heteroatoms. The van der Waals surface area contributed by atoms with Crippen molar-refractivity contribution in [1.29, 1.82) is 0 Å². The number of pyridine rings is 1. The molecule has 34 heavy (non-hydrogen) atoms. The van der Waals surface area contributed by atoms with Crippen molar-refractivity contribution in [3.05, 3.63) is 65.9 Å². The van der Waals surface area contributed by atoms with Gasteiger partial charge in [0.2, 0.25) is 11.7 Å². The fourth-order valence-corrected chi connectivity index (χ4v) is 3.77. The number of amides is 1. The molecular formula is C22H18F4N6O2. The van der Waals surface area contributed by atoms with Gasteiger partial charge in [-0.1, -0.05) is 23.4 Å². The van der Waals surface area contributed by atoms with Crippen LogP contribution in [0.3, 0.4) is 0 Å². The van der Waals surface area contributed by atoms with E-state index in [4.69, 9.17) is 4.52 Å². The quantitative estimate of drug-likeness (QED) is 0.440. The van der Waals surface area contributed by atoms with E-state index in [0.717, 1.165) is 10.5 Å². The molecule has 8 nitrogen and oxygen atoms in total. The molecule has 0 unspecified atom stereocenters. The summed E-state index contributed by atoms with van der Waals surface area (Å²) >= 11 is 0. The van der Waals surface area contributed by atoms with Gasteiger partial charge in [0.05, 0.1) is 25.8 Å². The molecule has 0 bridgehead atoms. The molecule has 1 aliphatic heterocycles. The zero-order valence-corrected chi connectivity index (χ0v) is 17.8. The fraction of sp³-hybridized carbons (Fsp3) is 0.273. The minimum atomic E-state index is -4.11. The number of rotatable bonds is 5. The van der Waals surface area contributed by atoms with Crippen molar-refractivity contribution in [2.75, 3.05) is 18.4 Å². The third kappa shape index (κ3) is 3.89. The van der Waals surface area contributed by atoms with Gasteiger partial charge in [0.25, 0.3) is 5.91 Å². The number of aryl methyl sites for hydroxylation is 1. The lowest BCUT2D eigenvalue weighted by atomic mass is 10.1. The Kier molecular flexibility index (Phi) is 5.12. The lowest BCUT2D eigenvalue weighted by Crippen LogP contribution is -2.38. The topological polar surface area (TPSA) is 88.6 Å². The number of carbonyl (C=O) groups is 1. The summed E-state index contributed by atoms with van der Waals surface area (Å²) in [5.74, 6) is -8.52. The number of aromatic nitrogens is 4. The van der Waals surface area contributed by atoms with Crippen LogP contribution in [-0.4, -0.2) is 55.3 Å². The molecule has 1 saturated heterocycles. The van der Waals surface area contributed by atoms with E-state index in [-0.39, 0.29) is 24.2 Å². The molecule has 1 aromatic carbocycles. The van der Waals surface area contributed by atoms with E-state index in [9.17, 15) is 22.4 Å². The number of nitrogens with one attached hydrogen (secondary N) is 1. The molecule has 0 radical (unpaired) electrons. The Morgan fingerprint density at radius 3 is 2.68 bits per heavy atom. The molecule has 4 aromatic rings. The highest BCUT2D eigenvalue weighted by Crippen LogP contribution is 2.41. The van der Waals surface area contributed by atoms with E-state index in [1.54, 1.807) is 40.9 Å². The third-order valence-electron chi connectivity index (χ3n) is 5.60. The van der Waals surface area contributed by atoms with Crippen LogP contribution in [0.1, 0.15) is 21.9 Å². The van der Waals surface area contributed by atoms with E-state index in [1.807, 2.05) is 13.0 Å². The van der Waals surface area contributed by atoms with Gasteiger partial charge in [-0.25, -0.2) is 4.98 Å². The third-order valence-corrected chi connectivity index (χ3v) is 5.60. The molecule has 4 heterocycles. The Hall–Kier alpha value is -3.80. The van der Waals surface area contributed by atoms with Gasteiger partial charge < -0.3 is 9.84 Å². The molecule has 0 spiro atoms. The number of imidazole rings is 1. The summed E-state index contributed by atoms with van der Waals surface area (Å²) in [5, 5.41) is 6.66. The predicted molar refractivity (Wildman–Crippen MR) is 113 cm³/mol. The number of benzene rings is 1. The maximum Gasteiger partial charge on any atom is 0.323 e. The van der Waals surface area contributed by atoms with E-state index >= 15 is 0 Å². The van der Waals surface area contributed by atoms with Crippen LogP contribution < -0.4 is 5.32 Å². The van der Waals surface area contributed by atoms with Crippen molar-refractivity contribution < 1.29 is 26.9 Å². The fourth-order valence-electron chi connectivity index (χ4n) is 3.77. The van der Waals surface area contributed by atoms with Gasteiger partial charge in [-0.3, -0.25) is 14.1 Å². The van der Waals surface area contributed by atoms with Gasteiger partial charge >= 0.3 is 11.8 Å². The average Bonchev–Trinajstić information content (AvgIpc) is 3.46. The first-order valence-corrected chi connectivity index (χ1v) is 10.3. The van der Waals surface area contributed by atoms with Crippen molar-refractivity contribution >= 4 is 17.2 Å². The zero-order valence-electron chi connectivity index (χ0n) is 17.8. The van der Waals surface area contributed by atoms with Gasteiger partial charge in [-0.05, 0) is 30.7 Å². The number of hydrogen-bond acceptors (Lipinski definition) is 6. The summed E-state index contributed by atoms with van der Waals surface area (Å²) in [7, 11) is 0. The van der Waals surface area contributed by atoms with Crippen LogP contribution in [0.4, 0.5) is 23.2 Å². The van der Waals surface area contributed by atoms with Gasteiger partial charge in [0.15, 0.2) is 0 Å². The van der Waals surface area contributed by atoms with E-state index in [1.165, 1.54) is 6.20 Å². The maximum atomic E-state index is 13.4. The molecular weight excluding hydrogens is 456 g/mol. The monoisotopic (exact) mass is 474 g/mol. The summed E-state index contributed by atoms with van der Waals surface area (Å²) in [6.07, 6.45) is 3.20. The van der Waals surface area contributed by atoms with Crippen LogP contribution in [0.15, 0.2) is 53.3 Å². The number of hydrogen-bond donors (Lipinski definition) is 1. The number of fused-ring (bicyclic) bond motifs is 1. The number of anilines is 1. The predicted octanol–water partition coefficient (Wildman–Crippen LogP) is 4.03. The number of carbonyl (C=O) groups excluding carboxylic acids is 1. The first kappa shape index (κ1) is 22.0. The Labute approximate surface area is 190 Å². The summed E-state index contributed by atoms with van der Waals surface area (Å²) in [6.45, 7) is -0.714. The van der Waals surface area contributed by atoms with Crippen LogP contribution in [0, 0.1) is 6.92 Å². The van der Waals surface area contributed by atoms with Crippen LogP contribution in [0.2, 0.25) is 0 Å². The zero-order chi connectivity index (χ0) is 24.1. The minimum absolute atomic E-state index is 0.0691. The molecule has 5 rings (SSSR count). The second-order valence-corrected chi connectivity index (χ2v) is 8.12. The smallest absolute Gasteiger partial charge is 0.323 e. The van der Waals surface area contributed by atoms with Crippen molar-refractivity contribution in [2.45, 2.75) is 25.3 Å². The van der Waals surface area contributed by atoms with Gasteiger partial charge in [-0.2, -0.15) is 22.5 Å². The molecule has 0 atom stereocenters. The van der Waals surface area contributed by atoms with Crippen molar-refractivity contribution in [1.82, 2.24) is 24.4 Å². The summed E-state index contributed by atoms with van der Waals surface area (Å²) in [4.78, 5) is 22.1. The lowest BCUT2D eigenvalue weighted by molar-refractivity contribution is -0.172. The Balaban J connectivity index is 1.33. The molecule has 1 amide bonds. The Morgan fingerprint density at radius 2 is 1.91 bits per heavy atom. The second kappa shape index (κ2) is 7.90. The van der Waals surface area contributed by atoms with Gasteiger partial charge in [0, 0.05) is 17.4 Å². The summed E-state index contributed by atoms with van der Waals surface area (Å²) in [5.41, 5.74) is 2.74. The number of likely N-dealkylation sites (tertiary alicyclic amines) is 1. The van der Waals surface area contributed by atoms with Crippen LogP contribution in [0.5, 0.6) is 0 Å². The molecule has 0 saturated carbocycles. The van der Waals surface area contributed by atoms with Crippen LogP contribution >= 0.6 is 0 Å². The molecule has 1 fully saturated rings. The summed E-state index contributed by atoms with van der Waals surface area (Å²) < 4.78 is 60.4. The molecule has 1 N–H and O–H groups in total. The summed E-state index contributed by atoms with van der Waals surface area (Å²) in [6, 6.07) is 10.5. The SMILES string of the molecule is Cc1ccc(-c2noc(CN3CC(F)(F)C(F)(F)C3)n2)cc1NC(=O)c1cnc2ccccn12. The maximum absolute atomic E-state index is 13.4. The second-order valence-electron chi connectivity index (χ2n) is 8.12. The standard InChI is InChI=1S/C22H18F4N6O2/c1-13-5-6-14(8-15(13)28-20(33)16-9-27-17-4-2-3-7-32(16)17)19-29-18(34-30-19)10-31-11-21(23,24)22(25,26)12-31/h2-9H,10-12H2,1H3,(H,28,33). The lowest BCUT2D eigenvalue weighted by Gasteiger charge is -2.15. The highest BCUT2D eigenvalue weighted by molar-refractivity contribution is 6.04. The van der Waals surface area contributed by atoms with Crippen LogP contribution in [0.25, 0.3) is 17.0 Å². The minimum Gasteiger partial charge on any atom is -0.338 e. The molecule has 0 aliphatic carbocycles. The Bertz CT molecular complexity index is 1370. The van der Waals surface area contributed by atoms with Gasteiger partial charge in [0.1, 0.15) is 11.3 Å². The van der Waals surface area contributed by atoms with E-state index in [0.29, 0.717) is 22.6 Å². The highest BCUT2D eigenvalue weighted by Gasteiger charge is 2.62.